The molecule has 0 aromatic rings. The van der Waals surface area contributed by atoms with Crippen LogP contribution >= 0.6 is 0 Å². The topological polar surface area (TPSA) is 15.3 Å². The molecule has 0 amide bonds. The minimum Gasteiger partial charge on any atom is -0.316 e. The lowest BCUT2D eigenvalue weighted by atomic mass is 10.0. The minimum absolute atomic E-state index is 0.804. The highest BCUT2D eigenvalue weighted by Gasteiger charge is 2.19. The van der Waals surface area contributed by atoms with Crippen molar-refractivity contribution in [2.45, 2.75) is 20.8 Å². The van der Waals surface area contributed by atoms with Crippen LogP contribution in [0, 0.1) is 11.8 Å². The number of rotatable bonds is 5. The summed E-state index contributed by atoms with van der Waals surface area (Å²) in [6.07, 6.45) is 0. The fourth-order valence-electron chi connectivity index (χ4n) is 1.69. The summed E-state index contributed by atoms with van der Waals surface area (Å²) in [6.45, 7) is 13.1. The number of nitrogens with zero attached hydrogens (tertiary/aromatic N) is 1. The molecule has 0 unspecified atom stereocenters. The smallest absolute Gasteiger partial charge is 0.00340 e. The molecule has 1 N–H and O–H groups in total. The zero-order valence-electron chi connectivity index (χ0n) is 8.64. The van der Waals surface area contributed by atoms with Crippen molar-refractivity contribution in [3.63, 3.8) is 0 Å². The van der Waals surface area contributed by atoms with Crippen LogP contribution in [0.1, 0.15) is 20.8 Å². The largest absolute Gasteiger partial charge is 0.316 e. The van der Waals surface area contributed by atoms with Gasteiger partial charge in [0.2, 0.25) is 0 Å². The molecule has 0 aromatic carbocycles. The molecule has 0 spiro atoms. The second-order valence-electron chi connectivity index (χ2n) is 4.27. The summed E-state index contributed by atoms with van der Waals surface area (Å²) in [5.74, 6) is 1.72. The monoisotopic (exact) mass is 170 g/mol. The quantitative estimate of drug-likeness (QED) is 0.666. The van der Waals surface area contributed by atoms with Gasteiger partial charge in [-0.2, -0.15) is 0 Å². The molecule has 0 atom stereocenters. The maximum absolute atomic E-state index is 3.32. The number of hydrogen-bond donors (Lipinski definition) is 1. The standard InChI is InChI=1S/C10H22N2/c1-4-12(7-9(2)3)8-10-5-11-6-10/h9-11H,4-8H2,1-3H3. The van der Waals surface area contributed by atoms with Crippen molar-refractivity contribution in [2.75, 3.05) is 32.7 Å². The van der Waals surface area contributed by atoms with Crippen LogP contribution in [0.3, 0.4) is 0 Å². The molecule has 1 fully saturated rings. The van der Waals surface area contributed by atoms with Crippen LogP contribution in [-0.2, 0) is 0 Å². The Balaban J connectivity index is 2.15. The Bertz CT molecular complexity index is 119. The van der Waals surface area contributed by atoms with Crippen molar-refractivity contribution >= 4 is 0 Å². The van der Waals surface area contributed by atoms with E-state index in [1.54, 1.807) is 0 Å². The average molecular weight is 170 g/mol. The summed E-state index contributed by atoms with van der Waals surface area (Å²) in [5, 5.41) is 3.32. The predicted octanol–water partition coefficient (Wildman–Crippen LogP) is 1.18. The summed E-state index contributed by atoms with van der Waals surface area (Å²) >= 11 is 0. The average Bonchev–Trinajstić information content (AvgIpc) is 1.93. The van der Waals surface area contributed by atoms with Crippen molar-refractivity contribution in [1.29, 1.82) is 0 Å². The van der Waals surface area contributed by atoms with Crippen LogP contribution < -0.4 is 5.32 Å². The highest BCUT2D eigenvalue weighted by atomic mass is 15.1. The van der Waals surface area contributed by atoms with Gasteiger partial charge >= 0.3 is 0 Å². The Morgan fingerprint density at radius 2 is 2.08 bits per heavy atom. The summed E-state index contributed by atoms with van der Waals surface area (Å²) in [6, 6.07) is 0. The molecule has 0 aromatic heterocycles. The lowest BCUT2D eigenvalue weighted by molar-refractivity contribution is 0.184. The van der Waals surface area contributed by atoms with Gasteiger partial charge in [0.15, 0.2) is 0 Å². The number of nitrogens with one attached hydrogen (secondary N) is 1. The fraction of sp³-hybridized carbons (Fsp3) is 1.00. The summed E-state index contributed by atoms with van der Waals surface area (Å²) in [5.41, 5.74) is 0. The molecular weight excluding hydrogens is 148 g/mol. The molecule has 0 aliphatic carbocycles. The highest BCUT2D eigenvalue weighted by Crippen LogP contribution is 2.07. The first kappa shape index (κ1) is 10.0. The van der Waals surface area contributed by atoms with Crippen molar-refractivity contribution in [1.82, 2.24) is 10.2 Å². The van der Waals surface area contributed by atoms with Gasteiger partial charge in [0.05, 0.1) is 0 Å². The lowest BCUT2D eigenvalue weighted by Crippen LogP contribution is -2.48. The third-order valence-electron chi connectivity index (χ3n) is 2.45. The van der Waals surface area contributed by atoms with E-state index in [9.17, 15) is 0 Å². The molecule has 72 valence electrons. The molecule has 2 nitrogen and oxygen atoms in total. The SMILES string of the molecule is CCN(CC(C)C)CC1CNC1. The third kappa shape index (κ3) is 3.11. The van der Waals surface area contributed by atoms with Crippen molar-refractivity contribution < 1.29 is 0 Å². The summed E-state index contributed by atoms with van der Waals surface area (Å²) in [4.78, 5) is 2.57. The van der Waals surface area contributed by atoms with E-state index in [1.807, 2.05) is 0 Å². The zero-order chi connectivity index (χ0) is 8.97. The van der Waals surface area contributed by atoms with Gasteiger partial charge < -0.3 is 10.2 Å². The van der Waals surface area contributed by atoms with Gasteiger partial charge in [-0.25, -0.2) is 0 Å². The van der Waals surface area contributed by atoms with E-state index in [-0.39, 0.29) is 0 Å². The highest BCUT2D eigenvalue weighted by molar-refractivity contribution is 4.77. The summed E-state index contributed by atoms with van der Waals surface area (Å²) < 4.78 is 0. The van der Waals surface area contributed by atoms with Crippen LogP contribution in [0.4, 0.5) is 0 Å². The number of hydrogen-bond acceptors (Lipinski definition) is 2. The fourth-order valence-corrected chi connectivity index (χ4v) is 1.69. The molecule has 0 saturated carbocycles. The van der Waals surface area contributed by atoms with Crippen LogP contribution in [0.25, 0.3) is 0 Å². The maximum Gasteiger partial charge on any atom is 0.00340 e. The molecule has 1 aliphatic rings. The first-order chi connectivity index (χ1) is 5.72. The molecule has 12 heavy (non-hydrogen) atoms. The van der Waals surface area contributed by atoms with Crippen LogP contribution in [0.5, 0.6) is 0 Å². The van der Waals surface area contributed by atoms with Gasteiger partial charge in [-0.1, -0.05) is 20.8 Å². The molecule has 0 bridgehead atoms. The molecule has 1 saturated heterocycles. The van der Waals surface area contributed by atoms with E-state index in [1.165, 1.54) is 32.7 Å². The molecule has 1 aliphatic heterocycles. The van der Waals surface area contributed by atoms with Gasteiger partial charge in [-0.15, -0.1) is 0 Å². The van der Waals surface area contributed by atoms with Gasteiger partial charge in [-0.3, -0.25) is 0 Å². The van der Waals surface area contributed by atoms with Crippen LogP contribution in [0.2, 0.25) is 0 Å². The van der Waals surface area contributed by atoms with E-state index < -0.39 is 0 Å². The predicted molar refractivity (Wildman–Crippen MR) is 53.3 cm³/mol. The van der Waals surface area contributed by atoms with E-state index in [4.69, 9.17) is 0 Å². The van der Waals surface area contributed by atoms with E-state index in [0.29, 0.717) is 0 Å². The van der Waals surface area contributed by atoms with Gasteiger partial charge in [0.1, 0.15) is 0 Å². The Labute approximate surface area is 76.3 Å². The molecule has 2 heteroatoms. The van der Waals surface area contributed by atoms with Gasteiger partial charge in [-0.05, 0) is 18.4 Å². The van der Waals surface area contributed by atoms with Crippen molar-refractivity contribution in [3.05, 3.63) is 0 Å². The molecule has 1 heterocycles. The third-order valence-corrected chi connectivity index (χ3v) is 2.45. The Morgan fingerprint density at radius 1 is 1.42 bits per heavy atom. The summed E-state index contributed by atoms with van der Waals surface area (Å²) in [7, 11) is 0. The Kier molecular flexibility index (Phi) is 4.02. The van der Waals surface area contributed by atoms with Crippen molar-refractivity contribution in [3.8, 4) is 0 Å². The van der Waals surface area contributed by atoms with E-state index in [0.717, 1.165) is 11.8 Å². The zero-order valence-corrected chi connectivity index (χ0v) is 8.64. The van der Waals surface area contributed by atoms with Crippen LogP contribution in [0.15, 0.2) is 0 Å². The lowest BCUT2D eigenvalue weighted by Gasteiger charge is -2.33. The van der Waals surface area contributed by atoms with E-state index >= 15 is 0 Å². The minimum atomic E-state index is 0.804. The van der Waals surface area contributed by atoms with E-state index in [2.05, 4.69) is 31.0 Å². The van der Waals surface area contributed by atoms with Gasteiger partial charge in [0, 0.05) is 26.2 Å². The Morgan fingerprint density at radius 3 is 2.42 bits per heavy atom. The van der Waals surface area contributed by atoms with Crippen LogP contribution in [-0.4, -0.2) is 37.6 Å². The Hall–Kier alpha value is -0.0800. The molecule has 1 rings (SSSR count). The first-order valence-electron chi connectivity index (χ1n) is 5.15. The van der Waals surface area contributed by atoms with Crippen molar-refractivity contribution in [2.24, 2.45) is 11.8 Å². The van der Waals surface area contributed by atoms with Gasteiger partial charge in [0.25, 0.3) is 0 Å². The normalized spacial score (nSPS) is 18.8. The second-order valence-corrected chi connectivity index (χ2v) is 4.27. The molecular formula is C10H22N2. The second kappa shape index (κ2) is 4.83. The first-order valence-corrected chi connectivity index (χ1v) is 5.15. The maximum atomic E-state index is 3.32. The molecule has 0 radical (unpaired) electrons.